The highest BCUT2D eigenvalue weighted by Gasteiger charge is 2.36. The van der Waals surface area contributed by atoms with Gasteiger partial charge in [0.15, 0.2) is 0 Å². The molecule has 1 aliphatic heterocycles. The Bertz CT molecular complexity index is 1330. The van der Waals surface area contributed by atoms with Gasteiger partial charge in [-0.3, -0.25) is 4.98 Å². The van der Waals surface area contributed by atoms with E-state index < -0.39 is 0 Å². The highest BCUT2D eigenvalue weighted by atomic mass is 16.5. The van der Waals surface area contributed by atoms with Gasteiger partial charge in [-0.25, -0.2) is 0 Å². The van der Waals surface area contributed by atoms with Crippen molar-refractivity contribution in [3.05, 3.63) is 108 Å². The quantitative estimate of drug-likeness (QED) is 0.169. The van der Waals surface area contributed by atoms with E-state index in [1.807, 2.05) is 42.6 Å². The number of piperidine rings is 1. The molecule has 5 rings (SSSR count). The molecule has 0 aliphatic carbocycles. The maximum atomic E-state index is 9.19. The van der Waals surface area contributed by atoms with Crippen molar-refractivity contribution >= 4 is 10.9 Å². The average Bonchev–Trinajstić information content (AvgIpc) is 3.04. The third-order valence-electron chi connectivity index (χ3n) is 7.59. The average molecular weight is 571 g/mol. The third kappa shape index (κ3) is 8.84. The number of nitrogens with one attached hydrogen (secondary N) is 1. The number of pyridine rings is 1. The van der Waals surface area contributed by atoms with Gasteiger partial charge < -0.3 is 29.4 Å². The Morgan fingerprint density at radius 1 is 0.738 bits per heavy atom. The molecular formula is C35H42N2O5. The van der Waals surface area contributed by atoms with Crippen LogP contribution >= 0.6 is 0 Å². The predicted octanol–water partition coefficient (Wildman–Crippen LogP) is 5.65. The minimum Gasteiger partial charge on any atom is -0.494 e. The van der Waals surface area contributed by atoms with E-state index in [9.17, 15) is 5.11 Å². The van der Waals surface area contributed by atoms with Crippen LogP contribution in [0.2, 0.25) is 0 Å². The number of nitrogens with zero attached hydrogens (tertiary/aromatic N) is 1. The van der Waals surface area contributed by atoms with Gasteiger partial charge in [0.05, 0.1) is 44.2 Å². The molecule has 1 aromatic heterocycles. The van der Waals surface area contributed by atoms with Gasteiger partial charge in [-0.05, 0) is 53.8 Å². The maximum Gasteiger partial charge on any atom is 0.119 e. The fourth-order valence-electron chi connectivity index (χ4n) is 5.37. The van der Waals surface area contributed by atoms with Gasteiger partial charge in [0, 0.05) is 50.2 Å². The molecule has 0 radical (unpaired) electrons. The Morgan fingerprint density at radius 3 is 2.40 bits per heavy atom. The summed E-state index contributed by atoms with van der Waals surface area (Å²) in [5.74, 6) is 0.914. The lowest BCUT2D eigenvalue weighted by Crippen LogP contribution is -2.50. The van der Waals surface area contributed by atoms with E-state index in [1.165, 1.54) is 11.1 Å². The molecule has 0 amide bonds. The van der Waals surface area contributed by atoms with Crippen LogP contribution in [0.5, 0.6) is 5.75 Å². The molecule has 3 aromatic carbocycles. The zero-order chi connectivity index (χ0) is 28.8. The van der Waals surface area contributed by atoms with Crippen molar-refractivity contribution in [1.82, 2.24) is 10.3 Å². The summed E-state index contributed by atoms with van der Waals surface area (Å²) in [7, 11) is 0. The molecule has 0 bridgehead atoms. The van der Waals surface area contributed by atoms with E-state index >= 15 is 0 Å². The van der Waals surface area contributed by atoms with Crippen molar-refractivity contribution in [2.75, 3.05) is 39.5 Å². The summed E-state index contributed by atoms with van der Waals surface area (Å²) in [5, 5.41) is 13.8. The summed E-state index contributed by atoms with van der Waals surface area (Å²) in [4.78, 5) is 4.49. The van der Waals surface area contributed by atoms with E-state index in [1.54, 1.807) is 0 Å². The van der Waals surface area contributed by atoms with Crippen LogP contribution in [-0.2, 0) is 27.4 Å². The molecule has 0 spiro atoms. The summed E-state index contributed by atoms with van der Waals surface area (Å²) < 4.78 is 24.7. The SMILES string of the molecule is OCCCCOC1CNCC(OCc2ccc3cccnc3c2)C1c1ccc(OCCCOCc2ccccc2)cc1. The van der Waals surface area contributed by atoms with Crippen LogP contribution in [0.1, 0.15) is 41.9 Å². The number of ether oxygens (including phenoxy) is 4. The summed E-state index contributed by atoms with van der Waals surface area (Å²) >= 11 is 0. The number of hydrogen-bond donors (Lipinski definition) is 2. The van der Waals surface area contributed by atoms with Crippen LogP contribution in [0.4, 0.5) is 0 Å². The summed E-state index contributed by atoms with van der Waals surface area (Å²) in [5.41, 5.74) is 4.43. The van der Waals surface area contributed by atoms with Crippen molar-refractivity contribution < 1.29 is 24.1 Å². The van der Waals surface area contributed by atoms with Crippen LogP contribution in [0.3, 0.4) is 0 Å². The highest BCUT2D eigenvalue weighted by molar-refractivity contribution is 5.78. The van der Waals surface area contributed by atoms with Crippen molar-refractivity contribution in [2.45, 2.75) is 50.6 Å². The largest absolute Gasteiger partial charge is 0.494 e. The first-order valence-electron chi connectivity index (χ1n) is 15.0. The molecule has 7 heteroatoms. The fraction of sp³-hybridized carbons (Fsp3) is 0.400. The van der Waals surface area contributed by atoms with Crippen LogP contribution in [0.25, 0.3) is 10.9 Å². The molecule has 3 atom stereocenters. The monoisotopic (exact) mass is 570 g/mol. The Labute approximate surface area is 248 Å². The second kappa shape index (κ2) is 16.3. The molecule has 7 nitrogen and oxygen atoms in total. The normalized spacial score (nSPS) is 18.7. The first-order chi connectivity index (χ1) is 20.8. The molecule has 2 heterocycles. The zero-order valence-corrected chi connectivity index (χ0v) is 24.2. The molecule has 4 aromatic rings. The van der Waals surface area contributed by atoms with Crippen LogP contribution in [-0.4, -0.2) is 61.8 Å². The molecule has 3 unspecified atom stereocenters. The lowest BCUT2D eigenvalue weighted by molar-refractivity contribution is -0.0608. The Balaban J connectivity index is 1.18. The molecule has 0 saturated carbocycles. The van der Waals surface area contributed by atoms with Gasteiger partial charge in [-0.1, -0.05) is 60.7 Å². The summed E-state index contributed by atoms with van der Waals surface area (Å²) in [6, 6.07) is 28.9. The molecule has 42 heavy (non-hydrogen) atoms. The number of unbranched alkanes of at least 4 members (excludes halogenated alkanes) is 1. The van der Waals surface area contributed by atoms with Gasteiger partial charge in [-0.15, -0.1) is 0 Å². The number of aromatic nitrogens is 1. The Kier molecular flexibility index (Phi) is 11.7. The fourth-order valence-corrected chi connectivity index (χ4v) is 5.37. The summed E-state index contributed by atoms with van der Waals surface area (Å²) in [6.45, 7) is 4.67. The van der Waals surface area contributed by atoms with Crippen LogP contribution in [0.15, 0.2) is 91.1 Å². The molecular weight excluding hydrogens is 528 g/mol. The van der Waals surface area contributed by atoms with Crippen molar-refractivity contribution in [3.8, 4) is 5.75 Å². The minimum atomic E-state index is -0.0606. The first-order valence-corrected chi connectivity index (χ1v) is 15.0. The highest BCUT2D eigenvalue weighted by Crippen LogP contribution is 2.32. The van der Waals surface area contributed by atoms with Crippen LogP contribution in [0, 0.1) is 0 Å². The van der Waals surface area contributed by atoms with E-state index in [-0.39, 0.29) is 24.7 Å². The minimum absolute atomic E-state index is 0.0331. The molecule has 1 saturated heterocycles. The number of fused-ring (bicyclic) bond motifs is 1. The number of rotatable bonds is 16. The number of benzene rings is 3. The second-order valence-electron chi connectivity index (χ2n) is 10.7. The Morgan fingerprint density at radius 2 is 1.57 bits per heavy atom. The van der Waals surface area contributed by atoms with E-state index in [4.69, 9.17) is 18.9 Å². The second-order valence-corrected chi connectivity index (χ2v) is 10.7. The Hall–Kier alpha value is -3.33. The lowest BCUT2D eigenvalue weighted by atomic mass is 9.85. The van der Waals surface area contributed by atoms with E-state index in [0.29, 0.717) is 33.0 Å². The smallest absolute Gasteiger partial charge is 0.119 e. The van der Waals surface area contributed by atoms with Crippen LogP contribution < -0.4 is 10.1 Å². The van der Waals surface area contributed by atoms with Gasteiger partial charge >= 0.3 is 0 Å². The molecule has 1 fully saturated rings. The van der Waals surface area contributed by atoms with Gasteiger partial charge in [-0.2, -0.15) is 0 Å². The number of aliphatic hydroxyl groups excluding tert-OH is 1. The lowest BCUT2D eigenvalue weighted by Gasteiger charge is -2.39. The first kappa shape index (κ1) is 30.1. The zero-order valence-electron chi connectivity index (χ0n) is 24.2. The number of aliphatic hydroxyl groups is 1. The standard InChI is InChI=1S/C35H42N2O5/c38-18-4-5-20-41-33-23-36-24-34(42-26-28-11-12-29-10-6-17-37-32(29)22-28)35(33)30-13-15-31(16-14-30)40-21-7-19-39-25-27-8-2-1-3-9-27/h1-3,6,8-17,22,33-36,38H,4-5,7,18-21,23-26H2. The van der Waals surface area contributed by atoms with Crippen molar-refractivity contribution in [3.63, 3.8) is 0 Å². The van der Waals surface area contributed by atoms with Gasteiger partial charge in [0.25, 0.3) is 0 Å². The number of hydrogen-bond acceptors (Lipinski definition) is 7. The molecule has 222 valence electrons. The maximum absolute atomic E-state index is 9.19. The van der Waals surface area contributed by atoms with Gasteiger partial charge in [0.2, 0.25) is 0 Å². The van der Waals surface area contributed by atoms with E-state index in [0.717, 1.165) is 54.6 Å². The van der Waals surface area contributed by atoms with Gasteiger partial charge in [0.1, 0.15) is 5.75 Å². The van der Waals surface area contributed by atoms with E-state index in [2.05, 4.69) is 58.8 Å². The van der Waals surface area contributed by atoms with Crippen molar-refractivity contribution in [2.24, 2.45) is 0 Å². The predicted molar refractivity (Wildman–Crippen MR) is 165 cm³/mol. The summed E-state index contributed by atoms with van der Waals surface area (Å²) in [6.07, 6.45) is 4.12. The topological polar surface area (TPSA) is 82.1 Å². The molecule has 2 N–H and O–H groups in total. The third-order valence-corrected chi connectivity index (χ3v) is 7.59. The molecule has 1 aliphatic rings. The van der Waals surface area contributed by atoms with Crippen molar-refractivity contribution in [1.29, 1.82) is 0 Å².